The average molecular weight is 293 g/mol. The molecule has 3 rings (SSSR count). The quantitative estimate of drug-likeness (QED) is 0.833. The molecule has 20 heavy (non-hydrogen) atoms. The lowest BCUT2D eigenvalue weighted by Crippen LogP contribution is -2.36. The highest BCUT2D eigenvalue weighted by Gasteiger charge is 2.48. The number of carbonyl (C=O) groups excluding carboxylic acids is 1. The van der Waals surface area contributed by atoms with Crippen LogP contribution in [0.15, 0.2) is 22.8 Å². The van der Waals surface area contributed by atoms with Crippen LogP contribution in [-0.2, 0) is 4.79 Å². The van der Waals surface area contributed by atoms with Gasteiger partial charge in [0.2, 0.25) is 5.91 Å². The summed E-state index contributed by atoms with van der Waals surface area (Å²) in [6.07, 6.45) is 6.24. The van der Waals surface area contributed by atoms with Crippen molar-refractivity contribution in [1.82, 2.24) is 4.90 Å². The largest absolute Gasteiger partial charge is 0.469 e. The molecule has 0 aliphatic heterocycles. The predicted molar refractivity (Wildman–Crippen MR) is 81.9 cm³/mol. The second-order valence-corrected chi connectivity index (χ2v) is 7.53. The SMILES string of the molecule is CCSC1CCC(N(C)C(=O)C2CC2c2ccco2)C1. The van der Waals surface area contributed by atoms with Crippen LogP contribution in [0.25, 0.3) is 0 Å². The van der Waals surface area contributed by atoms with Crippen molar-refractivity contribution in [1.29, 1.82) is 0 Å². The zero-order valence-corrected chi connectivity index (χ0v) is 13.1. The van der Waals surface area contributed by atoms with Crippen LogP contribution in [-0.4, -0.2) is 34.9 Å². The number of hydrogen-bond donors (Lipinski definition) is 0. The van der Waals surface area contributed by atoms with Crippen molar-refractivity contribution in [2.24, 2.45) is 5.92 Å². The summed E-state index contributed by atoms with van der Waals surface area (Å²) in [7, 11) is 1.99. The minimum absolute atomic E-state index is 0.157. The van der Waals surface area contributed by atoms with Gasteiger partial charge in [-0.2, -0.15) is 11.8 Å². The third kappa shape index (κ3) is 2.76. The number of hydrogen-bond acceptors (Lipinski definition) is 3. The Morgan fingerprint density at radius 3 is 3.00 bits per heavy atom. The van der Waals surface area contributed by atoms with Crippen LogP contribution in [0.1, 0.15) is 44.3 Å². The molecule has 0 N–H and O–H groups in total. The van der Waals surface area contributed by atoms with E-state index in [1.165, 1.54) is 18.6 Å². The molecular weight excluding hydrogens is 270 g/mol. The summed E-state index contributed by atoms with van der Waals surface area (Å²) in [5, 5.41) is 0.750. The normalized spacial score (nSPS) is 32.3. The lowest BCUT2D eigenvalue weighted by atomic mass is 10.2. The molecule has 4 atom stereocenters. The van der Waals surface area contributed by atoms with E-state index in [0.29, 0.717) is 17.9 Å². The van der Waals surface area contributed by atoms with Crippen LogP contribution in [0, 0.1) is 5.92 Å². The highest BCUT2D eigenvalue weighted by Crippen LogP contribution is 2.49. The number of nitrogens with zero attached hydrogens (tertiary/aromatic N) is 1. The van der Waals surface area contributed by atoms with Crippen molar-refractivity contribution in [2.75, 3.05) is 12.8 Å². The van der Waals surface area contributed by atoms with E-state index >= 15 is 0 Å². The van der Waals surface area contributed by atoms with Crippen LogP contribution in [0.2, 0.25) is 0 Å². The van der Waals surface area contributed by atoms with Gasteiger partial charge >= 0.3 is 0 Å². The maximum atomic E-state index is 12.5. The standard InChI is InChI=1S/C16H23NO2S/c1-3-20-12-7-6-11(9-12)17(2)16(18)14-10-13(14)15-5-4-8-19-15/h4-5,8,11-14H,3,6-7,9-10H2,1-2H3. The van der Waals surface area contributed by atoms with E-state index in [9.17, 15) is 4.79 Å². The number of carbonyl (C=O) groups is 1. The Bertz CT molecular complexity index is 459. The summed E-state index contributed by atoms with van der Waals surface area (Å²) < 4.78 is 5.42. The van der Waals surface area contributed by atoms with E-state index in [1.54, 1.807) is 6.26 Å². The van der Waals surface area contributed by atoms with Gasteiger partial charge in [0.15, 0.2) is 0 Å². The van der Waals surface area contributed by atoms with E-state index in [4.69, 9.17) is 4.42 Å². The molecule has 0 saturated heterocycles. The van der Waals surface area contributed by atoms with Crippen LogP contribution < -0.4 is 0 Å². The molecule has 1 amide bonds. The predicted octanol–water partition coefficient (Wildman–Crippen LogP) is 3.52. The first kappa shape index (κ1) is 14.1. The molecule has 2 saturated carbocycles. The summed E-state index contributed by atoms with van der Waals surface area (Å²) in [6, 6.07) is 4.34. The van der Waals surface area contributed by atoms with E-state index in [1.807, 2.05) is 35.8 Å². The molecule has 1 aromatic heterocycles. The van der Waals surface area contributed by atoms with E-state index in [0.717, 1.165) is 23.9 Å². The number of rotatable bonds is 5. The number of amides is 1. The molecule has 1 aromatic rings. The summed E-state index contributed by atoms with van der Waals surface area (Å²) in [6.45, 7) is 2.21. The zero-order valence-electron chi connectivity index (χ0n) is 12.2. The Hall–Kier alpha value is -0.900. The molecule has 2 fully saturated rings. The Morgan fingerprint density at radius 1 is 1.45 bits per heavy atom. The van der Waals surface area contributed by atoms with Gasteiger partial charge in [0.05, 0.1) is 6.26 Å². The second-order valence-electron chi connectivity index (χ2n) is 5.96. The lowest BCUT2D eigenvalue weighted by molar-refractivity contribution is -0.133. The first-order valence-corrected chi connectivity index (χ1v) is 8.67. The minimum atomic E-state index is 0.157. The van der Waals surface area contributed by atoms with Gasteiger partial charge in [-0.05, 0) is 43.6 Å². The molecule has 0 bridgehead atoms. The maximum Gasteiger partial charge on any atom is 0.226 e. The Balaban J connectivity index is 1.53. The van der Waals surface area contributed by atoms with Gasteiger partial charge in [-0.15, -0.1) is 0 Å². The average Bonchev–Trinajstić information content (AvgIpc) is 2.89. The van der Waals surface area contributed by atoms with Crippen LogP contribution in [0.3, 0.4) is 0 Å². The van der Waals surface area contributed by atoms with Crippen molar-refractivity contribution in [2.45, 2.75) is 49.8 Å². The third-order valence-corrected chi connectivity index (χ3v) is 5.90. The molecule has 0 spiro atoms. The monoisotopic (exact) mass is 293 g/mol. The lowest BCUT2D eigenvalue weighted by Gasteiger charge is -2.25. The van der Waals surface area contributed by atoms with Gasteiger partial charge in [0, 0.05) is 30.2 Å². The van der Waals surface area contributed by atoms with E-state index in [-0.39, 0.29) is 5.92 Å². The molecule has 2 aliphatic carbocycles. The fraction of sp³-hybridized carbons (Fsp3) is 0.688. The van der Waals surface area contributed by atoms with Crippen LogP contribution in [0.4, 0.5) is 0 Å². The Labute approximate surface area is 125 Å². The van der Waals surface area contributed by atoms with Crippen molar-refractivity contribution < 1.29 is 9.21 Å². The van der Waals surface area contributed by atoms with Gasteiger partial charge in [-0.25, -0.2) is 0 Å². The maximum absolute atomic E-state index is 12.5. The van der Waals surface area contributed by atoms with Gasteiger partial charge in [-0.1, -0.05) is 6.92 Å². The molecule has 2 aliphatic rings. The number of furan rings is 1. The van der Waals surface area contributed by atoms with Gasteiger partial charge in [0.1, 0.15) is 5.76 Å². The van der Waals surface area contributed by atoms with Crippen molar-refractivity contribution in [3.63, 3.8) is 0 Å². The molecule has 4 unspecified atom stereocenters. The third-order valence-electron chi connectivity index (χ3n) is 4.67. The smallest absolute Gasteiger partial charge is 0.226 e. The molecule has 3 nitrogen and oxygen atoms in total. The zero-order chi connectivity index (χ0) is 14.1. The molecule has 1 heterocycles. The molecular formula is C16H23NO2S. The highest BCUT2D eigenvalue weighted by molar-refractivity contribution is 7.99. The summed E-state index contributed by atoms with van der Waals surface area (Å²) in [5.74, 6) is 2.95. The van der Waals surface area contributed by atoms with Crippen LogP contribution >= 0.6 is 11.8 Å². The fourth-order valence-electron chi connectivity index (χ4n) is 3.38. The summed E-state index contributed by atoms with van der Waals surface area (Å²) in [5.41, 5.74) is 0. The topological polar surface area (TPSA) is 33.5 Å². The van der Waals surface area contributed by atoms with Gasteiger partial charge in [0.25, 0.3) is 0 Å². The fourth-order valence-corrected chi connectivity index (χ4v) is 4.51. The first-order valence-electron chi connectivity index (χ1n) is 7.62. The Morgan fingerprint density at radius 2 is 2.30 bits per heavy atom. The first-order chi connectivity index (χ1) is 9.70. The molecule has 110 valence electrons. The van der Waals surface area contributed by atoms with E-state index in [2.05, 4.69) is 6.92 Å². The molecule has 0 radical (unpaired) electrons. The minimum Gasteiger partial charge on any atom is -0.469 e. The summed E-state index contributed by atoms with van der Waals surface area (Å²) in [4.78, 5) is 14.6. The molecule has 4 heteroatoms. The van der Waals surface area contributed by atoms with Crippen molar-refractivity contribution >= 4 is 17.7 Å². The second kappa shape index (κ2) is 5.84. The van der Waals surface area contributed by atoms with E-state index < -0.39 is 0 Å². The van der Waals surface area contributed by atoms with Crippen LogP contribution in [0.5, 0.6) is 0 Å². The van der Waals surface area contributed by atoms with Gasteiger partial charge < -0.3 is 9.32 Å². The highest BCUT2D eigenvalue weighted by atomic mass is 32.2. The Kier molecular flexibility index (Phi) is 4.11. The molecule has 0 aromatic carbocycles. The van der Waals surface area contributed by atoms with Crippen molar-refractivity contribution in [3.8, 4) is 0 Å². The van der Waals surface area contributed by atoms with Crippen molar-refractivity contribution in [3.05, 3.63) is 24.2 Å². The number of thioether (sulfide) groups is 1. The van der Waals surface area contributed by atoms with Gasteiger partial charge in [-0.3, -0.25) is 4.79 Å². The summed E-state index contributed by atoms with van der Waals surface area (Å²) >= 11 is 2.04.